The van der Waals surface area contributed by atoms with E-state index in [1.54, 1.807) is 18.5 Å². The van der Waals surface area contributed by atoms with E-state index in [1.165, 1.54) is 35.3 Å². The van der Waals surface area contributed by atoms with E-state index in [0.717, 1.165) is 38.9 Å². The molecule has 2 heterocycles. The smallest absolute Gasteiger partial charge is 0.340 e. The maximum Gasteiger partial charge on any atom is 0.340 e. The summed E-state index contributed by atoms with van der Waals surface area (Å²) in [6.45, 7) is 14.3. The van der Waals surface area contributed by atoms with Gasteiger partial charge in [-0.1, -0.05) is 26.8 Å². The molecule has 0 spiro atoms. The molecule has 0 unspecified atom stereocenters. The topological polar surface area (TPSA) is 66.9 Å². The highest BCUT2D eigenvalue weighted by Gasteiger charge is 2.42. The molecular weight excluding hydrogens is 540 g/mol. The first kappa shape index (κ1) is 30.1. The van der Waals surface area contributed by atoms with Crippen molar-refractivity contribution in [2.45, 2.75) is 70.2 Å². The molecule has 0 saturated carbocycles. The molecule has 5 rings (SSSR count). The minimum Gasteiger partial charge on any atom is -0.465 e. The molecule has 0 bridgehead atoms. The third-order valence-electron chi connectivity index (χ3n) is 9.44. The molecule has 1 saturated heterocycles. The highest BCUT2D eigenvalue weighted by Crippen LogP contribution is 2.39. The van der Waals surface area contributed by atoms with Crippen LogP contribution in [0.1, 0.15) is 61.0 Å². The number of fused-ring (bicyclic) bond motifs is 1. The summed E-state index contributed by atoms with van der Waals surface area (Å²) in [5.74, 6) is 0.0217. The van der Waals surface area contributed by atoms with Crippen molar-refractivity contribution in [2.75, 3.05) is 48.9 Å². The Morgan fingerprint density at radius 1 is 1.10 bits per heavy atom. The van der Waals surface area contributed by atoms with Gasteiger partial charge in [0.25, 0.3) is 0 Å². The van der Waals surface area contributed by atoms with Gasteiger partial charge in [0.1, 0.15) is 0 Å². The van der Waals surface area contributed by atoms with E-state index in [2.05, 4.69) is 103 Å². The number of benzene rings is 2. The molecule has 1 fully saturated rings. The third kappa shape index (κ3) is 6.34. The van der Waals surface area contributed by atoms with Crippen LogP contribution in [0, 0.1) is 0 Å². The number of hydrogen-bond donors (Lipinski definition) is 1. The Morgan fingerprint density at radius 3 is 2.50 bits per heavy atom. The molecule has 1 aliphatic carbocycles. The number of esters is 1. The largest absolute Gasteiger partial charge is 0.465 e. The standard InChI is InChI=1S/C34H46N4O3Si/c1-34(2,3)42(6,7)41-29-22-38(23-29)27-13-11-26(12-14-27)37(4)28-15-16-30-24(19-28)9-8-10-25(30)20-36-32-21-35-18-17-31(32)33(39)40-5/h11-19,21,25,29,36H,8-10,20,22-23H2,1-7H3/t25-/m0/s1. The molecule has 1 aromatic heterocycles. The lowest BCUT2D eigenvalue weighted by molar-refractivity contribution is 0.0601. The number of nitrogens with one attached hydrogen (secondary N) is 1. The quantitative estimate of drug-likeness (QED) is 0.207. The van der Waals surface area contributed by atoms with E-state index in [0.29, 0.717) is 23.3 Å². The first-order valence-corrected chi connectivity index (χ1v) is 18.0. The first-order valence-electron chi connectivity index (χ1n) is 15.1. The normalized spacial score (nSPS) is 17.3. The minimum absolute atomic E-state index is 0.240. The Hall–Kier alpha value is -3.36. The van der Waals surface area contributed by atoms with Gasteiger partial charge in [0.2, 0.25) is 0 Å². The number of carbonyl (C=O) groups excluding carboxylic acids is 1. The van der Waals surface area contributed by atoms with Gasteiger partial charge in [0, 0.05) is 55.9 Å². The number of rotatable bonds is 9. The lowest BCUT2D eigenvalue weighted by Crippen LogP contribution is -2.57. The maximum atomic E-state index is 12.2. The zero-order valence-electron chi connectivity index (χ0n) is 26.2. The van der Waals surface area contributed by atoms with Gasteiger partial charge >= 0.3 is 5.97 Å². The Bertz CT molecular complexity index is 1400. The van der Waals surface area contributed by atoms with Crippen LogP contribution in [0.3, 0.4) is 0 Å². The molecular formula is C34H46N4O3Si. The summed E-state index contributed by atoms with van der Waals surface area (Å²) in [7, 11) is 1.81. The van der Waals surface area contributed by atoms with Crippen LogP contribution in [-0.4, -0.2) is 59.2 Å². The van der Waals surface area contributed by atoms with E-state index in [-0.39, 0.29) is 11.0 Å². The number of anilines is 4. The number of carbonyl (C=O) groups is 1. The Balaban J connectivity index is 1.21. The first-order chi connectivity index (χ1) is 20.0. The van der Waals surface area contributed by atoms with E-state index < -0.39 is 8.32 Å². The van der Waals surface area contributed by atoms with Crippen LogP contribution in [-0.2, 0) is 15.6 Å². The van der Waals surface area contributed by atoms with Crippen LogP contribution < -0.4 is 15.1 Å². The Morgan fingerprint density at radius 2 is 1.81 bits per heavy atom. The molecule has 2 aliphatic rings. The lowest BCUT2D eigenvalue weighted by Gasteiger charge is -2.47. The van der Waals surface area contributed by atoms with Crippen LogP contribution >= 0.6 is 0 Å². The monoisotopic (exact) mass is 586 g/mol. The fraction of sp³-hybridized carbons (Fsp3) is 0.471. The fourth-order valence-electron chi connectivity index (χ4n) is 5.73. The summed E-state index contributed by atoms with van der Waals surface area (Å²) in [6, 6.07) is 17.5. The van der Waals surface area contributed by atoms with Gasteiger partial charge in [-0.3, -0.25) is 4.98 Å². The van der Waals surface area contributed by atoms with Crippen molar-refractivity contribution in [1.82, 2.24) is 4.98 Å². The van der Waals surface area contributed by atoms with Gasteiger partial charge < -0.3 is 24.3 Å². The van der Waals surface area contributed by atoms with Gasteiger partial charge in [-0.2, -0.15) is 0 Å². The summed E-state index contributed by atoms with van der Waals surface area (Å²) in [4.78, 5) is 21.0. The van der Waals surface area contributed by atoms with Crippen molar-refractivity contribution in [3.63, 3.8) is 0 Å². The van der Waals surface area contributed by atoms with Crippen LogP contribution in [0.25, 0.3) is 0 Å². The number of aryl methyl sites for hydroxylation is 1. The molecule has 0 amide bonds. The van der Waals surface area contributed by atoms with Crippen molar-refractivity contribution in [1.29, 1.82) is 0 Å². The summed E-state index contributed by atoms with van der Waals surface area (Å²) < 4.78 is 11.5. The summed E-state index contributed by atoms with van der Waals surface area (Å²) in [5.41, 5.74) is 7.65. The minimum atomic E-state index is -1.73. The third-order valence-corrected chi connectivity index (χ3v) is 14.0. The highest BCUT2D eigenvalue weighted by molar-refractivity contribution is 6.74. The van der Waals surface area contributed by atoms with Crippen molar-refractivity contribution in [3.05, 3.63) is 77.6 Å². The zero-order valence-corrected chi connectivity index (χ0v) is 27.2. The number of aromatic nitrogens is 1. The molecule has 1 aliphatic heterocycles. The van der Waals surface area contributed by atoms with Gasteiger partial charge in [-0.15, -0.1) is 0 Å². The van der Waals surface area contributed by atoms with Crippen molar-refractivity contribution < 1.29 is 14.0 Å². The number of hydrogen-bond acceptors (Lipinski definition) is 7. The highest BCUT2D eigenvalue weighted by atomic mass is 28.4. The Labute approximate surface area is 252 Å². The fourth-order valence-corrected chi connectivity index (χ4v) is 7.07. The molecule has 2 aromatic carbocycles. The molecule has 42 heavy (non-hydrogen) atoms. The number of nitrogens with zero attached hydrogens (tertiary/aromatic N) is 3. The van der Waals surface area contributed by atoms with Crippen molar-refractivity contribution in [2.24, 2.45) is 0 Å². The van der Waals surface area contributed by atoms with Crippen LogP contribution in [0.4, 0.5) is 22.7 Å². The predicted octanol–water partition coefficient (Wildman–Crippen LogP) is 7.38. The zero-order chi connectivity index (χ0) is 30.1. The number of methoxy groups -OCH3 is 1. The lowest BCUT2D eigenvalue weighted by atomic mass is 9.82. The number of ether oxygens (including phenoxy) is 1. The molecule has 1 N–H and O–H groups in total. The maximum absolute atomic E-state index is 12.2. The summed E-state index contributed by atoms with van der Waals surface area (Å²) in [6.07, 6.45) is 6.99. The van der Waals surface area contributed by atoms with Gasteiger partial charge in [0.05, 0.1) is 30.7 Å². The van der Waals surface area contributed by atoms with Crippen LogP contribution in [0.2, 0.25) is 18.1 Å². The second kappa shape index (κ2) is 12.1. The van der Waals surface area contributed by atoms with E-state index >= 15 is 0 Å². The molecule has 224 valence electrons. The average Bonchev–Trinajstić information content (AvgIpc) is 2.96. The van der Waals surface area contributed by atoms with Gasteiger partial charge in [-0.05, 0) is 91.0 Å². The van der Waals surface area contributed by atoms with Crippen molar-refractivity contribution >= 4 is 37.0 Å². The van der Waals surface area contributed by atoms with Gasteiger partial charge in [0.15, 0.2) is 8.32 Å². The summed E-state index contributed by atoms with van der Waals surface area (Å²) in [5, 5.41) is 3.70. The second-order valence-electron chi connectivity index (χ2n) is 13.2. The van der Waals surface area contributed by atoms with Gasteiger partial charge in [-0.25, -0.2) is 4.79 Å². The molecule has 3 aromatic rings. The molecule has 1 atom stereocenters. The van der Waals surface area contributed by atoms with Crippen molar-refractivity contribution in [3.8, 4) is 0 Å². The van der Waals surface area contributed by atoms with E-state index in [9.17, 15) is 4.79 Å². The summed E-state index contributed by atoms with van der Waals surface area (Å²) >= 11 is 0. The molecule has 0 radical (unpaired) electrons. The predicted molar refractivity (Wildman–Crippen MR) is 175 cm³/mol. The Kier molecular flexibility index (Phi) is 8.67. The second-order valence-corrected chi connectivity index (χ2v) is 18.0. The molecule has 8 heteroatoms. The average molecular weight is 587 g/mol. The van der Waals surface area contributed by atoms with E-state index in [4.69, 9.17) is 9.16 Å². The molecule has 7 nitrogen and oxygen atoms in total. The number of pyridine rings is 1. The van der Waals surface area contributed by atoms with Crippen LogP contribution in [0.15, 0.2) is 60.9 Å². The van der Waals surface area contributed by atoms with E-state index in [1.807, 2.05) is 0 Å². The SMILES string of the molecule is COC(=O)c1ccncc1NC[C@@H]1CCCc2cc(N(C)c3ccc(N4CC(O[Si](C)(C)C(C)(C)C)C4)cc3)ccc21. The van der Waals surface area contributed by atoms with Crippen LogP contribution in [0.5, 0.6) is 0 Å².